The molecule has 104 valence electrons. The smallest absolute Gasteiger partial charge is 0.240 e. The number of rotatable bonds is 5. The Morgan fingerprint density at radius 3 is 2.60 bits per heavy atom. The third-order valence-corrected chi connectivity index (χ3v) is 4.05. The Balaban J connectivity index is 2.08. The number of nitrogens with zero attached hydrogens (tertiary/aromatic N) is 2. The van der Waals surface area contributed by atoms with Gasteiger partial charge in [-0.05, 0) is 24.6 Å². The van der Waals surface area contributed by atoms with Crippen LogP contribution in [0, 0.1) is 18.3 Å². The van der Waals surface area contributed by atoms with Gasteiger partial charge in [-0.15, -0.1) is 0 Å². The van der Waals surface area contributed by atoms with Crippen molar-refractivity contribution in [2.45, 2.75) is 24.8 Å². The molecule has 0 aliphatic heterocycles. The molecular formula is C13H13N3O3S. The number of aryl methyl sites for hydroxylation is 1. The van der Waals surface area contributed by atoms with Crippen molar-refractivity contribution in [2.75, 3.05) is 0 Å². The van der Waals surface area contributed by atoms with Crippen LogP contribution < -0.4 is 4.72 Å². The van der Waals surface area contributed by atoms with Crippen LogP contribution in [0.2, 0.25) is 0 Å². The maximum Gasteiger partial charge on any atom is 0.240 e. The molecule has 0 aliphatic carbocycles. The summed E-state index contributed by atoms with van der Waals surface area (Å²) in [6.45, 7) is 1.80. The monoisotopic (exact) mass is 291 g/mol. The Hall–Kier alpha value is -2.17. The first-order chi connectivity index (χ1) is 9.51. The van der Waals surface area contributed by atoms with Crippen LogP contribution in [0.1, 0.15) is 17.0 Å². The Labute approximate surface area is 117 Å². The van der Waals surface area contributed by atoms with Crippen molar-refractivity contribution < 1.29 is 12.9 Å². The summed E-state index contributed by atoms with van der Waals surface area (Å²) in [5.74, 6) is 0.625. The molecule has 1 N–H and O–H groups in total. The van der Waals surface area contributed by atoms with Crippen LogP contribution in [0.3, 0.4) is 0 Å². The second-order valence-corrected chi connectivity index (χ2v) is 6.00. The number of sulfonamides is 1. The van der Waals surface area contributed by atoms with E-state index < -0.39 is 10.0 Å². The van der Waals surface area contributed by atoms with Gasteiger partial charge in [-0.3, -0.25) is 0 Å². The molecule has 2 aromatic rings. The van der Waals surface area contributed by atoms with Crippen LogP contribution in [0.15, 0.2) is 39.8 Å². The normalized spacial score (nSPS) is 11.2. The van der Waals surface area contributed by atoms with Gasteiger partial charge in [0.25, 0.3) is 0 Å². The molecule has 0 bridgehead atoms. The SMILES string of the molecule is Cc1cc(CNS(=O)(=O)c2ccc(CC#N)cc2)no1. The van der Waals surface area contributed by atoms with Crippen LogP contribution in [-0.2, 0) is 23.0 Å². The summed E-state index contributed by atoms with van der Waals surface area (Å²) < 4.78 is 31.4. The zero-order chi connectivity index (χ0) is 14.6. The standard InChI is InChI=1S/C13H13N3O3S/c1-10-8-12(16-19-10)9-15-20(17,18)13-4-2-11(3-5-13)6-7-14/h2-5,8,15H,6,9H2,1H3. The van der Waals surface area contributed by atoms with Gasteiger partial charge in [-0.1, -0.05) is 17.3 Å². The molecule has 1 aromatic carbocycles. The van der Waals surface area contributed by atoms with Crippen molar-refractivity contribution in [2.24, 2.45) is 0 Å². The highest BCUT2D eigenvalue weighted by Gasteiger charge is 2.14. The fourth-order valence-electron chi connectivity index (χ4n) is 1.63. The molecule has 0 saturated heterocycles. The van der Waals surface area contributed by atoms with Crippen molar-refractivity contribution in [3.63, 3.8) is 0 Å². The summed E-state index contributed by atoms with van der Waals surface area (Å²) >= 11 is 0. The highest BCUT2D eigenvalue weighted by atomic mass is 32.2. The molecule has 0 radical (unpaired) electrons. The highest BCUT2D eigenvalue weighted by molar-refractivity contribution is 7.89. The van der Waals surface area contributed by atoms with Gasteiger partial charge in [-0.25, -0.2) is 13.1 Å². The summed E-state index contributed by atoms with van der Waals surface area (Å²) in [5, 5.41) is 12.3. The average Bonchev–Trinajstić information content (AvgIpc) is 2.84. The largest absolute Gasteiger partial charge is 0.361 e. The number of benzene rings is 1. The van der Waals surface area contributed by atoms with E-state index in [4.69, 9.17) is 9.78 Å². The molecule has 0 atom stereocenters. The van der Waals surface area contributed by atoms with E-state index in [0.29, 0.717) is 11.5 Å². The van der Waals surface area contributed by atoms with Crippen molar-refractivity contribution >= 4 is 10.0 Å². The van der Waals surface area contributed by atoms with Gasteiger partial charge in [0, 0.05) is 6.07 Å². The summed E-state index contributed by atoms with van der Waals surface area (Å²) in [4.78, 5) is 0.152. The summed E-state index contributed by atoms with van der Waals surface area (Å²) in [6, 6.07) is 9.87. The summed E-state index contributed by atoms with van der Waals surface area (Å²) in [6.07, 6.45) is 0.256. The molecule has 0 amide bonds. The second-order valence-electron chi connectivity index (χ2n) is 4.23. The minimum Gasteiger partial charge on any atom is -0.361 e. The van der Waals surface area contributed by atoms with Gasteiger partial charge >= 0.3 is 0 Å². The van der Waals surface area contributed by atoms with Crippen LogP contribution in [0.4, 0.5) is 0 Å². The molecule has 0 fully saturated rings. The molecule has 7 heteroatoms. The molecule has 1 heterocycles. The molecule has 0 aliphatic rings. The Kier molecular flexibility index (Phi) is 4.17. The lowest BCUT2D eigenvalue weighted by atomic mass is 10.2. The summed E-state index contributed by atoms with van der Waals surface area (Å²) in [7, 11) is -3.60. The number of nitrogens with one attached hydrogen (secondary N) is 1. The van der Waals surface area contributed by atoms with Gasteiger partial charge in [-0.2, -0.15) is 5.26 Å². The zero-order valence-electron chi connectivity index (χ0n) is 10.8. The van der Waals surface area contributed by atoms with Gasteiger partial charge in [0.1, 0.15) is 5.76 Å². The van der Waals surface area contributed by atoms with E-state index in [1.807, 2.05) is 6.07 Å². The fraction of sp³-hybridized carbons (Fsp3) is 0.231. The van der Waals surface area contributed by atoms with Gasteiger partial charge < -0.3 is 4.52 Å². The molecule has 0 unspecified atom stereocenters. The van der Waals surface area contributed by atoms with Crippen molar-refractivity contribution in [1.82, 2.24) is 9.88 Å². The number of hydrogen-bond acceptors (Lipinski definition) is 5. The first kappa shape index (κ1) is 14.2. The first-order valence-electron chi connectivity index (χ1n) is 5.89. The van der Waals surface area contributed by atoms with E-state index in [9.17, 15) is 8.42 Å². The van der Waals surface area contributed by atoms with Crippen LogP contribution >= 0.6 is 0 Å². The number of aromatic nitrogens is 1. The average molecular weight is 291 g/mol. The van der Waals surface area contributed by atoms with E-state index in [0.717, 1.165) is 5.56 Å². The van der Waals surface area contributed by atoms with Gasteiger partial charge in [0.15, 0.2) is 0 Å². The highest BCUT2D eigenvalue weighted by Crippen LogP contribution is 2.11. The maximum atomic E-state index is 12.0. The second kappa shape index (κ2) is 5.86. The minimum absolute atomic E-state index is 0.0691. The maximum absolute atomic E-state index is 12.0. The quantitative estimate of drug-likeness (QED) is 0.901. The Bertz CT molecular complexity index is 727. The predicted molar refractivity (Wildman–Crippen MR) is 71.0 cm³/mol. The molecule has 0 saturated carbocycles. The topological polar surface area (TPSA) is 96.0 Å². The van der Waals surface area contributed by atoms with E-state index >= 15 is 0 Å². The minimum atomic E-state index is -3.60. The molecular weight excluding hydrogens is 278 g/mol. The van der Waals surface area contributed by atoms with Crippen molar-refractivity contribution in [3.8, 4) is 6.07 Å². The van der Waals surface area contributed by atoms with Crippen LogP contribution in [-0.4, -0.2) is 13.6 Å². The number of hydrogen-bond donors (Lipinski definition) is 1. The van der Waals surface area contributed by atoms with E-state index in [2.05, 4.69) is 9.88 Å². The molecule has 0 spiro atoms. The Morgan fingerprint density at radius 2 is 2.05 bits per heavy atom. The fourth-order valence-corrected chi connectivity index (χ4v) is 2.63. The molecule has 20 heavy (non-hydrogen) atoms. The summed E-state index contributed by atoms with van der Waals surface area (Å²) in [5.41, 5.74) is 1.30. The van der Waals surface area contributed by atoms with E-state index in [1.165, 1.54) is 12.1 Å². The predicted octanol–water partition coefficient (Wildman–Crippen LogP) is 1.53. The lowest BCUT2D eigenvalue weighted by molar-refractivity contribution is 0.390. The van der Waals surface area contributed by atoms with Gasteiger partial charge in [0.05, 0.1) is 29.6 Å². The lowest BCUT2D eigenvalue weighted by Gasteiger charge is -2.05. The van der Waals surface area contributed by atoms with Crippen LogP contribution in [0.25, 0.3) is 0 Å². The van der Waals surface area contributed by atoms with Crippen molar-refractivity contribution in [3.05, 3.63) is 47.3 Å². The zero-order valence-corrected chi connectivity index (χ0v) is 11.6. The van der Waals surface area contributed by atoms with Crippen LogP contribution in [0.5, 0.6) is 0 Å². The first-order valence-corrected chi connectivity index (χ1v) is 7.37. The van der Waals surface area contributed by atoms with Crippen molar-refractivity contribution in [1.29, 1.82) is 5.26 Å². The lowest BCUT2D eigenvalue weighted by Crippen LogP contribution is -2.23. The molecule has 1 aromatic heterocycles. The van der Waals surface area contributed by atoms with E-state index in [1.54, 1.807) is 25.1 Å². The third-order valence-electron chi connectivity index (χ3n) is 2.64. The third kappa shape index (κ3) is 3.44. The van der Waals surface area contributed by atoms with Gasteiger partial charge in [0.2, 0.25) is 10.0 Å². The number of nitriles is 1. The Morgan fingerprint density at radius 1 is 1.35 bits per heavy atom. The molecule has 6 nitrogen and oxygen atoms in total. The molecule has 2 rings (SSSR count). The van der Waals surface area contributed by atoms with E-state index in [-0.39, 0.29) is 17.9 Å².